The van der Waals surface area contributed by atoms with Crippen molar-refractivity contribution in [3.8, 4) is 11.1 Å². The molecule has 0 atom stereocenters. The fraction of sp³-hybridized carbons (Fsp3) is 0.133. The second-order valence-electron chi connectivity index (χ2n) is 4.96. The number of carboxylic acid groups (broad SMARTS) is 1. The molecule has 0 amide bonds. The SMILES string of the molecule is CS(=O)(=O)N(CC(=O)O)c1ccc(-c2ccc(Cl)c(F)c2)c(Cl)c1. The summed E-state index contributed by atoms with van der Waals surface area (Å²) in [5.74, 6) is -1.92. The summed E-state index contributed by atoms with van der Waals surface area (Å²) >= 11 is 11.8. The number of nitrogens with zero attached hydrogens (tertiary/aromatic N) is 1. The summed E-state index contributed by atoms with van der Waals surface area (Å²) in [5.41, 5.74) is 1.01. The van der Waals surface area contributed by atoms with E-state index in [0.717, 1.165) is 6.26 Å². The third-order valence-electron chi connectivity index (χ3n) is 3.15. The van der Waals surface area contributed by atoms with Crippen molar-refractivity contribution in [1.82, 2.24) is 0 Å². The monoisotopic (exact) mass is 391 g/mol. The van der Waals surface area contributed by atoms with E-state index in [0.29, 0.717) is 15.4 Å². The van der Waals surface area contributed by atoms with E-state index in [1.807, 2.05) is 0 Å². The quantitative estimate of drug-likeness (QED) is 0.843. The third kappa shape index (κ3) is 4.17. The molecule has 0 aliphatic heterocycles. The Morgan fingerprint density at radius 2 is 1.83 bits per heavy atom. The van der Waals surface area contributed by atoms with E-state index in [1.165, 1.54) is 30.3 Å². The van der Waals surface area contributed by atoms with Crippen LogP contribution in [0.5, 0.6) is 0 Å². The molecule has 128 valence electrons. The zero-order chi connectivity index (χ0) is 18.1. The molecular formula is C15H12Cl2FNO4S. The van der Waals surface area contributed by atoms with Gasteiger partial charge in [0.05, 0.1) is 22.0 Å². The Kier molecular flexibility index (Phi) is 5.37. The van der Waals surface area contributed by atoms with Gasteiger partial charge in [0.1, 0.15) is 12.4 Å². The minimum atomic E-state index is -3.80. The lowest BCUT2D eigenvalue weighted by molar-refractivity contribution is -0.135. The van der Waals surface area contributed by atoms with Crippen molar-refractivity contribution in [3.05, 3.63) is 52.3 Å². The van der Waals surface area contributed by atoms with Crippen LogP contribution in [0.1, 0.15) is 0 Å². The number of anilines is 1. The lowest BCUT2D eigenvalue weighted by atomic mass is 10.1. The summed E-state index contributed by atoms with van der Waals surface area (Å²) in [4.78, 5) is 10.9. The molecule has 0 heterocycles. The fourth-order valence-corrected chi connectivity index (χ4v) is 3.32. The average Bonchev–Trinajstić information content (AvgIpc) is 2.46. The molecule has 0 fully saturated rings. The fourth-order valence-electron chi connectivity index (χ4n) is 2.08. The number of hydrogen-bond donors (Lipinski definition) is 1. The average molecular weight is 392 g/mol. The number of aliphatic carboxylic acids is 1. The Labute approximate surface area is 148 Å². The molecule has 0 saturated carbocycles. The van der Waals surface area contributed by atoms with Crippen molar-refractivity contribution in [2.24, 2.45) is 0 Å². The van der Waals surface area contributed by atoms with Crippen LogP contribution in [0.15, 0.2) is 36.4 Å². The topological polar surface area (TPSA) is 74.7 Å². The van der Waals surface area contributed by atoms with Crippen LogP contribution in [0.25, 0.3) is 11.1 Å². The van der Waals surface area contributed by atoms with Gasteiger partial charge in [-0.1, -0.05) is 35.3 Å². The van der Waals surface area contributed by atoms with Crippen LogP contribution in [-0.2, 0) is 14.8 Å². The van der Waals surface area contributed by atoms with Crippen molar-refractivity contribution in [3.63, 3.8) is 0 Å². The summed E-state index contributed by atoms with van der Waals surface area (Å²) < 4.78 is 37.8. The van der Waals surface area contributed by atoms with E-state index < -0.39 is 28.4 Å². The van der Waals surface area contributed by atoms with E-state index in [2.05, 4.69) is 0 Å². The molecule has 5 nitrogen and oxygen atoms in total. The van der Waals surface area contributed by atoms with Crippen LogP contribution < -0.4 is 4.31 Å². The van der Waals surface area contributed by atoms with Gasteiger partial charge in [0.25, 0.3) is 0 Å². The van der Waals surface area contributed by atoms with Crippen LogP contribution in [0.3, 0.4) is 0 Å². The van der Waals surface area contributed by atoms with Gasteiger partial charge in [-0.25, -0.2) is 12.8 Å². The predicted molar refractivity (Wildman–Crippen MR) is 91.7 cm³/mol. The number of sulfonamides is 1. The van der Waals surface area contributed by atoms with Gasteiger partial charge in [-0.2, -0.15) is 0 Å². The van der Waals surface area contributed by atoms with Gasteiger partial charge in [-0.05, 0) is 29.8 Å². The highest BCUT2D eigenvalue weighted by Crippen LogP contribution is 2.33. The first kappa shape index (κ1) is 18.5. The summed E-state index contributed by atoms with van der Waals surface area (Å²) in [6.45, 7) is -0.732. The Balaban J connectivity index is 2.48. The van der Waals surface area contributed by atoms with Gasteiger partial charge in [0.2, 0.25) is 10.0 Å². The molecule has 0 aliphatic carbocycles. The zero-order valence-corrected chi connectivity index (χ0v) is 14.7. The van der Waals surface area contributed by atoms with Gasteiger partial charge in [-0.3, -0.25) is 9.10 Å². The predicted octanol–water partition coefficient (Wildman–Crippen LogP) is 3.65. The van der Waals surface area contributed by atoms with Crippen molar-refractivity contribution < 1.29 is 22.7 Å². The molecule has 0 saturated heterocycles. The molecule has 2 rings (SSSR count). The Hall–Kier alpha value is -1.83. The maximum absolute atomic E-state index is 13.6. The molecule has 1 N–H and O–H groups in total. The molecule has 2 aromatic carbocycles. The molecule has 0 radical (unpaired) electrons. The van der Waals surface area contributed by atoms with E-state index in [-0.39, 0.29) is 15.7 Å². The number of carboxylic acids is 1. The number of rotatable bonds is 5. The van der Waals surface area contributed by atoms with Gasteiger partial charge in [0, 0.05) is 5.56 Å². The highest BCUT2D eigenvalue weighted by atomic mass is 35.5. The maximum Gasteiger partial charge on any atom is 0.324 e. The van der Waals surface area contributed by atoms with Gasteiger partial charge in [-0.15, -0.1) is 0 Å². The van der Waals surface area contributed by atoms with Crippen molar-refractivity contribution in [2.45, 2.75) is 0 Å². The molecule has 0 aromatic heterocycles. The van der Waals surface area contributed by atoms with E-state index in [1.54, 1.807) is 6.07 Å². The number of benzene rings is 2. The minimum absolute atomic E-state index is 0.0313. The molecule has 0 unspecified atom stereocenters. The van der Waals surface area contributed by atoms with Gasteiger partial charge in [0.15, 0.2) is 0 Å². The van der Waals surface area contributed by atoms with Crippen LogP contribution in [0.2, 0.25) is 10.0 Å². The van der Waals surface area contributed by atoms with E-state index >= 15 is 0 Å². The Bertz CT molecular complexity index is 902. The molecule has 0 bridgehead atoms. The Morgan fingerprint density at radius 1 is 1.17 bits per heavy atom. The largest absolute Gasteiger partial charge is 0.480 e. The summed E-state index contributed by atoms with van der Waals surface area (Å²) in [7, 11) is -3.80. The van der Waals surface area contributed by atoms with E-state index in [9.17, 15) is 17.6 Å². The van der Waals surface area contributed by atoms with Crippen molar-refractivity contribution in [2.75, 3.05) is 17.1 Å². The number of hydrogen-bond acceptors (Lipinski definition) is 3. The molecule has 24 heavy (non-hydrogen) atoms. The van der Waals surface area contributed by atoms with Crippen LogP contribution in [0, 0.1) is 5.82 Å². The Morgan fingerprint density at radius 3 is 2.33 bits per heavy atom. The smallest absolute Gasteiger partial charge is 0.324 e. The molecular weight excluding hydrogens is 380 g/mol. The van der Waals surface area contributed by atoms with Crippen molar-refractivity contribution in [1.29, 1.82) is 0 Å². The van der Waals surface area contributed by atoms with Crippen molar-refractivity contribution >= 4 is 44.9 Å². The highest BCUT2D eigenvalue weighted by Gasteiger charge is 2.21. The van der Waals surface area contributed by atoms with E-state index in [4.69, 9.17) is 28.3 Å². The van der Waals surface area contributed by atoms with Crippen LogP contribution in [-0.4, -0.2) is 32.3 Å². The highest BCUT2D eigenvalue weighted by molar-refractivity contribution is 7.92. The molecule has 0 aliphatic rings. The first-order chi connectivity index (χ1) is 11.1. The summed E-state index contributed by atoms with van der Waals surface area (Å²) in [6, 6.07) is 8.35. The van der Waals surface area contributed by atoms with Gasteiger partial charge >= 0.3 is 5.97 Å². The second kappa shape index (κ2) is 6.96. The van der Waals surface area contributed by atoms with Crippen LogP contribution in [0.4, 0.5) is 10.1 Å². The van der Waals surface area contributed by atoms with Gasteiger partial charge < -0.3 is 5.11 Å². The lowest BCUT2D eigenvalue weighted by Gasteiger charge is -2.21. The molecule has 9 heteroatoms. The van der Waals surface area contributed by atoms with Crippen LogP contribution >= 0.6 is 23.2 Å². The molecule has 2 aromatic rings. The summed E-state index contributed by atoms with van der Waals surface area (Å²) in [6.07, 6.45) is 0.895. The summed E-state index contributed by atoms with van der Waals surface area (Å²) in [5, 5.41) is 8.99. The standard InChI is InChI=1S/C15H12Cl2FNO4S/c1-24(22,23)19(8-15(20)21)10-3-4-11(13(17)7-10)9-2-5-12(16)14(18)6-9/h2-7H,8H2,1H3,(H,20,21). The molecule has 0 spiro atoms. The second-order valence-corrected chi connectivity index (χ2v) is 7.68. The number of halogens is 3. The lowest BCUT2D eigenvalue weighted by Crippen LogP contribution is -2.34. The number of carbonyl (C=O) groups is 1. The third-order valence-corrected chi connectivity index (χ3v) is 4.91. The maximum atomic E-state index is 13.6. The first-order valence-corrected chi connectivity index (χ1v) is 9.14. The first-order valence-electron chi connectivity index (χ1n) is 6.54. The zero-order valence-electron chi connectivity index (χ0n) is 12.3. The minimum Gasteiger partial charge on any atom is -0.480 e. The normalized spacial score (nSPS) is 11.3.